The van der Waals surface area contributed by atoms with Gasteiger partial charge in [-0.15, -0.1) is 0 Å². The topological polar surface area (TPSA) is 67.2 Å². The molecule has 0 amide bonds. The van der Waals surface area contributed by atoms with Crippen LogP contribution in [0.1, 0.15) is 20.3 Å². The van der Waals surface area contributed by atoms with Crippen LogP contribution >= 0.6 is 0 Å². The maximum Gasteiger partial charge on any atom is 0.306 e. The molecular formula is C7H11NO3. The molecule has 11 heavy (non-hydrogen) atoms. The highest BCUT2D eigenvalue weighted by atomic mass is 16.5. The van der Waals surface area contributed by atoms with Gasteiger partial charge in [-0.05, 0) is 6.92 Å². The third kappa shape index (κ3) is 3.50. The molecule has 0 heterocycles. The van der Waals surface area contributed by atoms with Crippen molar-refractivity contribution >= 4 is 18.0 Å². The summed E-state index contributed by atoms with van der Waals surface area (Å²) >= 11 is 0. The fraction of sp³-hybridized carbons (Fsp3) is 0.571. The van der Waals surface area contributed by atoms with Crippen molar-refractivity contribution in [3.05, 3.63) is 0 Å². The molecule has 0 radical (unpaired) electrons. The normalized spacial score (nSPS) is 11.8. The standard InChI is InChI=1S/C7H11NO3/c1-3-7(10)11-6(4-8)5(2)9/h4,6,8H,3H2,1-2H3. The van der Waals surface area contributed by atoms with E-state index in [0.29, 0.717) is 0 Å². The number of ketones is 1. The van der Waals surface area contributed by atoms with E-state index in [0.717, 1.165) is 6.21 Å². The number of Topliss-reactive ketones (excluding diaryl/α,β-unsaturated/α-hetero) is 1. The number of ether oxygens (including phenoxy) is 1. The van der Waals surface area contributed by atoms with Gasteiger partial charge in [0.25, 0.3) is 0 Å². The zero-order valence-electron chi connectivity index (χ0n) is 6.59. The third-order valence-corrected chi connectivity index (χ3v) is 1.10. The second kappa shape index (κ2) is 4.60. The average molecular weight is 157 g/mol. The van der Waals surface area contributed by atoms with E-state index in [1.165, 1.54) is 6.92 Å². The molecule has 0 aromatic carbocycles. The van der Waals surface area contributed by atoms with Crippen molar-refractivity contribution in [2.24, 2.45) is 0 Å². The van der Waals surface area contributed by atoms with Gasteiger partial charge in [-0.25, -0.2) is 0 Å². The fourth-order valence-corrected chi connectivity index (χ4v) is 0.459. The van der Waals surface area contributed by atoms with Crippen LogP contribution in [0, 0.1) is 5.41 Å². The Labute approximate surface area is 65.1 Å². The molecule has 0 saturated carbocycles. The quantitative estimate of drug-likeness (QED) is 0.478. The predicted molar refractivity (Wildman–Crippen MR) is 39.6 cm³/mol. The number of carbonyl (C=O) groups is 2. The Morgan fingerprint density at radius 3 is 2.45 bits per heavy atom. The van der Waals surface area contributed by atoms with Crippen LogP contribution in [0.25, 0.3) is 0 Å². The molecule has 0 aliphatic rings. The molecule has 4 nitrogen and oxygen atoms in total. The second-order valence-corrected chi connectivity index (χ2v) is 2.04. The minimum absolute atomic E-state index is 0.220. The van der Waals surface area contributed by atoms with Gasteiger partial charge in [0.1, 0.15) is 0 Å². The van der Waals surface area contributed by atoms with Crippen LogP contribution in [-0.2, 0) is 14.3 Å². The Morgan fingerprint density at radius 2 is 2.18 bits per heavy atom. The van der Waals surface area contributed by atoms with Crippen LogP contribution in [0.5, 0.6) is 0 Å². The zero-order valence-corrected chi connectivity index (χ0v) is 6.59. The van der Waals surface area contributed by atoms with E-state index in [2.05, 4.69) is 4.74 Å². The molecule has 1 unspecified atom stereocenters. The van der Waals surface area contributed by atoms with Gasteiger partial charge in [0.05, 0.1) is 0 Å². The predicted octanol–water partition coefficient (Wildman–Crippen LogP) is 0.547. The maximum absolute atomic E-state index is 10.6. The number of esters is 1. The molecule has 0 aliphatic heterocycles. The lowest BCUT2D eigenvalue weighted by Gasteiger charge is -2.07. The lowest BCUT2D eigenvalue weighted by molar-refractivity contribution is -0.150. The molecule has 0 spiro atoms. The van der Waals surface area contributed by atoms with Gasteiger partial charge in [0.15, 0.2) is 11.9 Å². The number of carbonyl (C=O) groups excluding carboxylic acids is 2. The van der Waals surface area contributed by atoms with E-state index in [-0.39, 0.29) is 12.2 Å². The second-order valence-electron chi connectivity index (χ2n) is 2.04. The van der Waals surface area contributed by atoms with Crippen LogP contribution in [0.15, 0.2) is 0 Å². The van der Waals surface area contributed by atoms with Gasteiger partial charge < -0.3 is 10.1 Å². The number of hydrogen-bond acceptors (Lipinski definition) is 4. The zero-order chi connectivity index (χ0) is 8.85. The van der Waals surface area contributed by atoms with Gasteiger partial charge in [-0.2, -0.15) is 0 Å². The Hall–Kier alpha value is -1.19. The summed E-state index contributed by atoms with van der Waals surface area (Å²) in [6, 6.07) is 0. The molecule has 0 aliphatic carbocycles. The van der Waals surface area contributed by atoms with E-state index in [9.17, 15) is 9.59 Å². The smallest absolute Gasteiger partial charge is 0.306 e. The maximum atomic E-state index is 10.6. The van der Waals surface area contributed by atoms with Crippen molar-refractivity contribution < 1.29 is 14.3 Å². The van der Waals surface area contributed by atoms with Crippen molar-refractivity contribution in [2.75, 3.05) is 0 Å². The highest BCUT2D eigenvalue weighted by Gasteiger charge is 2.14. The fourth-order valence-electron chi connectivity index (χ4n) is 0.459. The largest absolute Gasteiger partial charge is 0.448 e. The van der Waals surface area contributed by atoms with Crippen molar-refractivity contribution in [2.45, 2.75) is 26.4 Å². The molecule has 0 rings (SSSR count). The van der Waals surface area contributed by atoms with Crippen LogP contribution in [0.2, 0.25) is 0 Å². The third-order valence-electron chi connectivity index (χ3n) is 1.10. The summed E-state index contributed by atoms with van der Waals surface area (Å²) in [6.07, 6.45) is 0.0375. The van der Waals surface area contributed by atoms with Crippen molar-refractivity contribution in [3.63, 3.8) is 0 Å². The van der Waals surface area contributed by atoms with Crippen LogP contribution in [-0.4, -0.2) is 24.1 Å². The summed E-state index contributed by atoms with van der Waals surface area (Å²) < 4.78 is 4.58. The molecule has 62 valence electrons. The Morgan fingerprint density at radius 1 is 1.64 bits per heavy atom. The molecule has 0 saturated heterocycles. The SMILES string of the molecule is CCC(=O)OC(C=N)C(C)=O. The van der Waals surface area contributed by atoms with Crippen LogP contribution in [0.4, 0.5) is 0 Å². The molecule has 0 fully saturated rings. The number of rotatable bonds is 4. The molecule has 0 aromatic heterocycles. The first-order valence-corrected chi connectivity index (χ1v) is 3.32. The lowest BCUT2D eigenvalue weighted by atomic mass is 10.3. The van der Waals surface area contributed by atoms with Gasteiger partial charge in [0.2, 0.25) is 0 Å². The molecule has 0 bridgehead atoms. The summed E-state index contributed by atoms with van der Waals surface area (Å²) in [6.45, 7) is 2.90. The Balaban J connectivity index is 3.98. The van der Waals surface area contributed by atoms with E-state index in [1.807, 2.05) is 0 Å². The van der Waals surface area contributed by atoms with Crippen molar-refractivity contribution in [3.8, 4) is 0 Å². The Bertz CT molecular complexity index is 177. The highest BCUT2D eigenvalue weighted by molar-refractivity contribution is 5.97. The minimum Gasteiger partial charge on any atom is -0.448 e. The summed E-state index contributed by atoms with van der Waals surface area (Å²) in [5, 5.41) is 6.74. The number of hydrogen-bond donors (Lipinski definition) is 1. The monoisotopic (exact) mass is 157 g/mol. The van der Waals surface area contributed by atoms with Gasteiger partial charge in [-0.1, -0.05) is 6.92 Å². The minimum atomic E-state index is -0.998. The van der Waals surface area contributed by atoms with Crippen molar-refractivity contribution in [1.29, 1.82) is 5.41 Å². The molecule has 4 heteroatoms. The first-order valence-electron chi connectivity index (χ1n) is 3.32. The van der Waals surface area contributed by atoms with Gasteiger partial charge in [-0.3, -0.25) is 9.59 Å². The highest BCUT2D eigenvalue weighted by Crippen LogP contribution is 1.93. The number of nitrogens with one attached hydrogen (secondary N) is 1. The summed E-state index contributed by atoms with van der Waals surface area (Å²) in [5.74, 6) is -0.796. The van der Waals surface area contributed by atoms with Gasteiger partial charge in [0, 0.05) is 12.6 Å². The molecule has 1 N–H and O–H groups in total. The lowest BCUT2D eigenvalue weighted by Crippen LogP contribution is -2.25. The van der Waals surface area contributed by atoms with Crippen molar-refractivity contribution in [1.82, 2.24) is 0 Å². The first-order chi connectivity index (χ1) is 5.11. The average Bonchev–Trinajstić information content (AvgIpc) is 1.99. The summed E-state index contributed by atoms with van der Waals surface area (Å²) in [4.78, 5) is 21.2. The van der Waals surface area contributed by atoms with E-state index >= 15 is 0 Å². The first kappa shape index (κ1) is 9.81. The van der Waals surface area contributed by atoms with E-state index in [4.69, 9.17) is 5.41 Å². The van der Waals surface area contributed by atoms with Gasteiger partial charge >= 0.3 is 5.97 Å². The molecular weight excluding hydrogens is 146 g/mol. The summed E-state index contributed by atoms with van der Waals surface area (Å²) in [5.41, 5.74) is 0. The Kier molecular flexibility index (Phi) is 4.10. The van der Waals surface area contributed by atoms with Crippen LogP contribution in [0.3, 0.4) is 0 Å². The summed E-state index contributed by atoms with van der Waals surface area (Å²) in [7, 11) is 0. The van der Waals surface area contributed by atoms with E-state index in [1.54, 1.807) is 6.92 Å². The van der Waals surface area contributed by atoms with E-state index < -0.39 is 12.1 Å². The molecule has 0 aromatic rings. The molecule has 1 atom stereocenters. The van der Waals surface area contributed by atoms with Crippen LogP contribution < -0.4 is 0 Å².